The second-order valence-corrected chi connectivity index (χ2v) is 7.25. The summed E-state index contributed by atoms with van der Waals surface area (Å²) < 4.78 is 0. The molecule has 0 unspecified atom stereocenters. The Morgan fingerprint density at radius 3 is 2.48 bits per heavy atom. The first kappa shape index (κ1) is 18.1. The molecule has 1 saturated heterocycles. The zero-order valence-corrected chi connectivity index (χ0v) is 15.5. The minimum absolute atomic E-state index is 0.0244. The highest BCUT2D eigenvalue weighted by Gasteiger charge is 2.26. The van der Waals surface area contributed by atoms with Crippen molar-refractivity contribution >= 4 is 11.6 Å². The third kappa shape index (κ3) is 4.18. The third-order valence-electron chi connectivity index (χ3n) is 5.42. The lowest BCUT2D eigenvalue weighted by Gasteiger charge is -2.34. The molecule has 1 N–H and O–H groups in total. The van der Waals surface area contributed by atoms with Crippen molar-refractivity contribution in [1.82, 2.24) is 14.8 Å². The molecule has 3 heterocycles. The fraction of sp³-hybridized carbons (Fsp3) is 0.429. The normalized spacial score (nSPS) is 17.9. The topological polar surface area (TPSA) is 59.9 Å². The number of aromatic nitrogens is 1. The molecule has 0 radical (unpaired) electrons. The number of para-hydroxylation sites is 1. The summed E-state index contributed by atoms with van der Waals surface area (Å²) in [6.45, 7) is 5.68. The lowest BCUT2D eigenvalue weighted by molar-refractivity contribution is -0.120. The van der Waals surface area contributed by atoms with E-state index in [1.54, 1.807) is 0 Å². The smallest absolute Gasteiger partial charge is 0.241 e. The van der Waals surface area contributed by atoms with E-state index in [4.69, 9.17) is 0 Å². The first-order chi connectivity index (χ1) is 13.2. The van der Waals surface area contributed by atoms with Crippen molar-refractivity contribution in [2.45, 2.75) is 19.6 Å². The zero-order valence-electron chi connectivity index (χ0n) is 15.5. The SMILES string of the molecule is O=C(CN1CCN(Cc2cccc(CO)n2)CC1)N1CCc2ccccc21. The van der Waals surface area contributed by atoms with Crippen LogP contribution in [0.5, 0.6) is 0 Å². The number of benzene rings is 1. The van der Waals surface area contributed by atoms with Crippen LogP contribution in [0.3, 0.4) is 0 Å². The zero-order chi connectivity index (χ0) is 18.6. The van der Waals surface area contributed by atoms with E-state index < -0.39 is 0 Å². The van der Waals surface area contributed by atoms with Crippen molar-refractivity contribution in [3.8, 4) is 0 Å². The standard InChI is InChI=1S/C21H26N4O2/c26-16-19-6-3-5-18(22-19)14-23-10-12-24(13-11-23)15-21(27)25-9-8-17-4-1-2-7-20(17)25/h1-7,26H,8-16H2. The van der Waals surface area contributed by atoms with E-state index in [1.807, 2.05) is 41.3 Å². The van der Waals surface area contributed by atoms with Gasteiger partial charge in [0, 0.05) is 45.0 Å². The van der Waals surface area contributed by atoms with E-state index in [0.717, 1.165) is 57.1 Å². The molecule has 0 aliphatic carbocycles. The maximum atomic E-state index is 12.8. The summed E-state index contributed by atoms with van der Waals surface area (Å²) in [5, 5.41) is 9.22. The van der Waals surface area contributed by atoms with Gasteiger partial charge in [-0.15, -0.1) is 0 Å². The number of carbonyl (C=O) groups is 1. The molecule has 4 rings (SSSR count). The number of hydrogen-bond donors (Lipinski definition) is 1. The van der Waals surface area contributed by atoms with Crippen molar-refractivity contribution in [2.75, 3.05) is 44.2 Å². The predicted octanol–water partition coefficient (Wildman–Crippen LogP) is 1.28. The van der Waals surface area contributed by atoms with Gasteiger partial charge < -0.3 is 10.0 Å². The number of hydrogen-bond acceptors (Lipinski definition) is 5. The molecule has 2 aliphatic heterocycles. The Labute approximate surface area is 160 Å². The van der Waals surface area contributed by atoms with Gasteiger partial charge in [-0.05, 0) is 30.2 Å². The Kier molecular flexibility index (Phi) is 5.48. The van der Waals surface area contributed by atoms with Crippen LogP contribution in [-0.4, -0.2) is 65.1 Å². The summed E-state index contributed by atoms with van der Waals surface area (Å²) in [5.41, 5.74) is 4.05. The minimum Gasteiger partial charge on any atom is -0.390 e. The third-order valence-corrected chi connectivity index (χ3v) is 5.42. The van der Waals surface area contributed by atoms with Gasteiger partial charge in [-0.25, -0.2) is 0 Å². The van der Waals surface area contributed by atoms with Crippen LogP contribution in [0.2, 0.25) is 0 Å². The molecule has 142 valence electrons. The Bertz CT molecular complexity index is 802. The van der Waals surface area contributed by atoms with E-state index in [2.05, 4.69) is 20.9 Å². The van der Waals surface area contributed by atoms with Crippen LogP contribution < -0.4 is 4.90 Å². The van der Waals surface area contributed by atoms with Crippen LogP contribution in [-0.2, 0) is 24.4 Å². The fourth-order valence-electron chi connectivity index (χ4n) is 3.91. The van der Waals surface area contributed by atoms with Crippen molar-refractivity contribution in [3.63, 3.8) is 0 Å². The summed E-state index contributed by atoms with van der Waals surface area (Å²) in [7, 11) is 0. The van der Waals surface area contributed by atoms with Gasteiger partial charge in [0.05, 0.1) is 24.5 Å². The van der Waals surface area contributed by atoms with E-state index in [9.17, 15) is 9.90 Å². The highest BCUT2D eigenvalue weighted by Crippen LogP contribution is 2.27. The van der Waals surface area contributed by atoms with Crippen LogP contribution in [0, 0.1) is 0 Å². The molecule has 1 fully saturated rings. The van der Waals surface area contributed by atoms with Crippen molar-refractivity contribution in [2.24, 2.45) is 0 Å². The molecular formula is C21H26N4O2. The molecule has 2 aromatic rings. The van der Waals surface area contributed by atoms with Crippen molar-refractivity contribution in [1.29, 1.82) is 0 Å². The molecule has 0 bridgehead atoms. The Balaban J connectivity index is 1.28. The number of aliphatic hydroxyl groups excluding tert-OH is 1. The largest absolute Gasteiger partial charge is 0.390 e. The second-order valence-electron chi connectivity index (χ2n) is 7.25. The molecule has 1 aromatic heterocycles. The maximum Gasteiger partial charge on any atom is 0.241 e. The summed E-state index contributed by atoms with van der Waals surface area (Å²) >= 11 is 0. The maximum absolute atomic E-state index is 12.8. The number of anilines is 1. The molecule has 2 aliphatic rings. The lowest BCUT2D eigenvalue weighted by atomic mass is 10.2. The number of amides is 1. The quantitative estimate of drug-likeness (QED) is 0.864. The summed E-state index contributed by atoms with van der Waals surface area (Å²) in [6.07, 6.45) is 0.954. The summed E-state index contributed by atoms with van der Waals surface area (Å²) in [4.78, 5) is 23.8. The van der Waals surface area contributed by atoms with Gasteiger partial charge in [0.1, 0.15) is 0 Å². The average molecular weight is 366 g/mol. The predicted molar refractivity (Wildman–Crippen MR) is 104 cm³/mol. The van der Waals surface area contributed by atoms with Gasteiger partial charge in [0.15, 0.2) is 0 Å². The van der Waals surface area contributed by atoms with Crippen molar-refractivity contribution < 1.29 is 9.90 Å². The number of fused-ring (bicyclic) bond motifs is 1. The number of carbonyl (C=O) groups excluding carboxylic acids is 1. The summed E-state index contributed by atoms with van der Waals surface area (Å²) in [6, 6.07) is 14.0. The molecule has 6 nitrogen and oxygen atoms in total. The number of pyridine rings is 1. The molecular weight excluding hydrogens is 340 g/mol. The number of piperazine rings is 1. The fourth-order valence-corrected chi connectivity index (χ4v) is 3.91. The molecule has 0 saturated carbocycles. The summed E-state index contributed by atoms with van der Waals surface area (Å²) in [5.74, 6) is 0.200. The second kappa shape index (κ2) is 8.17. The molecule has 27 heavy (non-hydrogen) atoms. The van der Waals surface area contributed by atoms with E-state index in [0.29, 0.717) is 12.2 Å². The highest BCUT2D eigenvalue weighted by atomic mass is 16.3. The van der Waals surface area contributed by atoms with Gasteiger partial charge in [0.25, 0.3) is 0 Å². The van der Waals surface area contributed by atoms with Crippen molar-refractivity contribution in [3.05, 3.63) is 59.4 Å². The van der Waals surface area contributed by atoms with Crippen LogP contribution in [0.15, 0.2) is 42.5 Å². The van der Waals surface area contributed by atoms with Gasteiger partial charge in [-0.1, -0.05) is 24.3 Å². The Hall–Kier alpha value is -2.28. The van der Waals surface area contributed by atoms with Gasteiger partial charge in [-0.2, -0.15) is 0 Å². The Morgan fingerprint density at radius 1 is 0.926 bits per heavy atom. The van der Waals surface area contributed by atoms with Gasteiger partial charge in [-0.3, -0.25) is 19.6 Å². The molecule has 0 atom stereocenters. The van der Waals surface area contributed by atoms with Crippen LogP contribution >= 0.6 is 0 Å². The van der Waals surface area contributed by atoms with Gasteiger partial charge in [0.2, 0.25) is 5.91 Å². The Morgan fingerprint density at radius 2 is 1.67 bits per heavy atom. The average Bonchev–Trinajstić information content (AvgIpc) is 3.14. The molecule has 1 amide bonds. The molecule has 0 spiro atoms. The van der Waals surface area contributed by atoms with Crippen LogP contribution in [0.1, 0.15) is 17.0 Å². The van der Waals surface area contributed by atoms with E-state index in [-0.39, 0.29) is 12.5 Å². The molecule has 6 heteroatoms. The number of aliphatic hydroxyl groups is 1. The number of rotatable bonds is 5. The monoisotopic (exact) mass is 366 g/mol. The van der Waals surface area contributed by atoms with E-state index >= 15 is 0 Å². The first-order valence-corrected chi connectivity index (χ1v) is 9.61. The highest BCUT2D eigenvalue weighted by molar-refractivity contribution is 5.96. The van der Waals surface area contributed by atoms with E-state index in [1.165, 1.54) is 5.56 Å². The van der Waals surface area contributed by atoms with Crippen LogP contribution in [0.25, 0.3) is 0 Å². The van der Waals surface area contributed by atoms with Crippen LogP contribution in [0.4, 0.5) is 5.69 Å². The lowest BCUT2D eigenvalue weighted by Crippen LogP contribution is -2.49. The number of nitrogens with zero attached hydrogens (tertiary/aromatic N) is 4. The molecule has 1 aromatic carbocycles. The van der Waals surface area contributed by atoms with Gasteiger partial charge >= 0.3 is 0 Å². The first-order valence-electron chi connectivity index (χ1n) is 9.61. The minimum atomic E-state index is -0.0244.